The third kappa shape index (κ3) is 4.50. The second kappa shape index (κ2) is 9.96. The number of ether oxygens (including phenoxy) is 2. The van der Waals surface area contributed by atoms with E-state index in [-0.39, 0.29) is 11.3 Å². The van der Waals surface area contributed by atoms with Gasteiger partial charge in [-0.3, -0.25) is 9.59 Å². The van der Waals surface area contributed by atoms with Gasteiger partial charge in [0, 0.05) is 25.1 Å². The van der Waals surface area contributed by atoms with E-state index in [1.165, 1.54) is 66.9 Å². The Morgan fingerprint density at radius 3 is 2.51 bits per heavy atom. The Labute approximate surface area is 221 Å². The summed E-state index contributed by atoms with van der Waals surface area (Å²) in [7, 11) is 1.30. The highest BCUT2D eigenvalue weighted by Gasteiger charge is 2.49. The maximum absolute atomic E-state index is 15.4. The highest BCUT2D eigenvalue weighted by molar-refractivity contribution is 5.97. The van der Waals surface area contributed by atoms with Gasteiger partial charge in [-0.05, 0) is 50.5 Å². The van der Waals surface area contributed by atoms with E-state index in [0.717, 1.165) is 12.3 Å². The SMILES string of the molecule is COC(C)(C)C(=O)Oc1c2n(ncc1=O)[C@@H]([C@H](c1ccc(F)cc1)c1cccc(F)c1F)[C@H]1CCCN1C2=O. The van der Waals surface area contributed by atoms with Gasteiger partial charge in [0.1, 0.15) is 5.82 Å². The molecule has 3 atom stereocenters. The van der Waals surface area contributed by atoms with Gasteiger partial charge in [0.15, 0.2) is 22.9 Å². The first-order valence-electron chi connectivity index (χ1n) is 12.4. The van der Waals surface area contributed by atoms with Crippen LogP contribution >= 0.6 is 0 Å². The maximum Gasteiger partial charge on any atom is 0.343 e. The van der Waals surface area contributed by atoms with E-state index in [1.807, 2.05) is 0 Å². The van der Waals surface area contributed by atoms with E-state index in [1.54, 1.807) is 0 Å². The normalized spacial score (nSPS) is 19.4. The van der Waals surface area contributed by atoms with Crippen LogP contribution in [0.5, 0.6) is 5.75 Å². The molecule has 0 spiro atoms. The topological polar surface area (TPSA) is 90.7 Å². The van der Waals surface area contributed by atoms with Crippen molar-refractivity contribution >= 4 is 11.9 Å². The van der Waals surface area contributed by atoms with Crippen molar-refractivity contribution in [3.05, 3.63) is 93.2 Å². The molecule has 2 aromatic carbocycles. The fourth-order valence-corrected chi connectivity index (χ4v) is 5.32. The molecule has 8 nitrogen and oxygen atoms in total. The number of carbonyl (C=O) groups is 2. The minimum atomic E-state index is -1.43. The summed E-state index contributed by atoms with van der Waals surface area (Å²) >= 11 is 0. The molecule has 1 amide bonds. The van der Waals surface area contributed by atoms with E-state index in [0.29, 0.717) is 24.9 Å². The van der Waals surface area contributed by atoms with Gasteiger partial charge < -0.3 is 14.4 Å². The standard InChI is InChI=1S/C28H26F3N3O5/c1-28(2,38-3)27(37)39-25-20(35)14-32-34-23(19-8-5-13-33(19)26(36)24(25)34)21(15-9-11-16(29)12-10-15)17-6-4-7-18(30)22(17)31/h4,6-7,9-12,14,19,21,23H,5,8,13H2,1-3H3/t19-,21-,23-/m1/s1. The van der Waals surface area contributed by atoms with Crippen LogP contribution in [0.4, 0.5) is 13.2 Å². The number of fused-ring (bicyclic) bond motifs is 2. The average molecular weight is 542 g/mol. The molecule has 0 radical (unpaired) electrons. The molecule has 1 aromatic heterocycles. The molecule has 5 rings (SSSR count). The molecule has 0 aliphatic carbocycles. The van der Waals surface area contributed by atoms with Crippen molar-refractivity contribution in [1.82, 2.24) is 14.7 Å². The Balaban J connectivity index is 1.76. The number of amides is 1. The molecule has 204 valence electrons. The van der Waals surface area contributed by atoms with E-state index < -0.39 is 64.1 Å². The van der Waals surface area contributed by atoms with Crippen LogP contribution in [0.25, 0.3) is 0 Å². The summed E-state index contributed by atoms with van der Waals surface area (Å²) in [6.07, 6.45) is 2.05. The molecular weight excluding hydrogens is 515 g/mol. The summed E-state index contributed by atoms with van der Waals surface area (Å²) < 4.78 is 55.6. The molecule has 0 bridgehead atoms. The first kappa shape index (κ1) is 26.6. The lowest BCUT2D eigenvalue weighted by Gasteiger charge is -2.42. The quantitative estimate of drug-likeness (QED) is 0.439. The lowest BCUT2D eigenvalue weighted by molar-refractivity contribution is -0.155. The lowest BCUT2D eigenvalue weighted by atomic mass is 9.79. The highest BCUT2D eigenvalue weighted by Crippen LogP contribution is 2.46. The summed E-state index contributed by atoms with van der Waals surface area (Å²) in [5.74, 6) is -5.64. The van der Waals surface area contributed by atoms with E-state index in [4.69, 9.17) is 9.47 Å². The molecule has 1 fully saturated rings. The van der Waals surface area contributed by atoms with Crippen molar-refractivity contribution in [1.29, 1.82) is 0 Å². The summed E-state index contributed by atoms with van der Waals surface area (Å²) in [5, 5.41) is 4.25. The zero-order valence-electron chi connectivity index (χ0n) is 21.5. The minimum Gasteiger partial charge on any atom is -0.418 e. The summed E-state index contributed by atoms with van der Waals surface area (Å²) in [6.45, 7) is 3.22. The van der Waals surface area contributed by atoms with Crippen LogP contribution in [0.3, 0.4) is 0 Å². The zero-order valence-corrected chi connectivity index (χ0v) is 21.5. The molecule has 1 saturated heterocycles. The van der Waals surface area contributed by atoms with Crippen molar-refractivity contribution in [2.75, 3.05) is 13.7 Å². The monoisotopic (exact) mass is 541 g/mol. The van der Waals surface area contributed by atoms with Gasteiger partial charge in [-0.2, -0.15) is 5.10 Å². The second-order valence-corrected chi connectivity index (χ2v) is 10.1. The second-order valence-electron chi connectivity index (χ2n) is 10.1. The van der Waals surface area contributed by atoms with Crippen LogP contribution in [0.2, 0.25) is 0 Å². The Hall–Kier alpha value is -3.99. The fourth-order valence-electron chi connectivity index (χ4n) is 5.32. The largest absolute Gasteiger partial charge is 0.418 e. The lowest BCUT2D eigenvalue weighted by Crippen LogP contribution is -2.51. The van der Waals surface area contributed by atoms with Gasteiger partial charge in [0.2, 0.25) is 11.2 Å². The molecule has 0 unspecified atom stereocenters. The number of nitrogens with zero attached hydrogens (tertiary/aromatic N) is 3. The number of hydrogen-bond acceptors (Lipinski definition) is 6. The zero-order chi connectivity index (χ0) is 28.1. The average Bonchev–Trinajstić information content (AvgIpc) is 3.41. The first-order chi connectivity index (χ1) is 18.5. The van der Waals surface area contributed by atoms with Gasteiger partial charge in [0.25, 0.3) is 5.91 Å². The molecule has 39 heavy (non-hydrogen) atoms. The number of rotatable bonds is 6. The Bertz CT molecular complexity index is 1510. The number of hydrogen-bond donors (Lipinski definition) is 0. The Morgan fingerprint density at radius 2 is 1.82 bits per heavy atom. The van der Waals surface area contributed by atoms with E-state index in [9.17, 15) is 23.2 Å². The predicted molar refractivity (Wildman–Crippen MR) is 133 cm³/mol. The Kier molecular flexibility index (Phi) is 6.79. The minimum absolute atomic E-state index is 0.0293. The van der Waals surface area contributed by atoms with Crippen LogP contribution < -0.4 is 10.2 Å². The van der Waals surface area contributed by atoms with Crippen molar-refractivity contribution in [3.63, 3.8) is 0 Å². The molecule has 0 saturated carbocycles. The van der Waals surface area contributed by atoms with Crippen LogP contribution in [-0.4, -0.2) is 51.9 Å². The molecular formula is C28H26F3N3O5. The molecule has 2 aliphatic rings. The molecule has 3 aromatic rings. The summed E-state index contributed by atoms with van der Waals surface area (Å²) in [4.78, 5) is 41.0. The van der Waals surface area contributed by atoms with E-state index in [2.05, 4.69) is 5.10 Å². The maximum atomic E-state index is 15.4. The van der Waals surface area contributed by atoms with Gasteiger partial charge in [-0.15, -0.1) is 0 Å². The first-order valence-corrected chi connectivity index (χ1v) is 12.4. The van der Waals surface area contributed by atoms with Crippen molar-refractivity contribution < 1.29 is 32.2 Å². The summed E-state index contributed by atoms with van der Waals surface area (Å²) in [6, 6.07) is 7.75. The summed E-state index contributed by atoms with van der Waals surface area (Å²) in [5.41, 5.74) is -2.10. The van der Waals surface area contributed by atoms with Gasteiger partial charge in [-0.25, -0.2) is 22.6 Å². The number of aromatic nitrogens is 2. The smallest absolute Gasteiger partial charge is 0.343 e. The molecule has 11 heteroatoms. The van der Waals surface area contributed by atoms with Crippen LogP contribution in [-0.2, 0) is 9.53 Å². The van der Waals surface area contributed by atoms with Gasteiger partial charge >= 0.3 is 5.97 Å². The number of esters is 1. The Morgan fingerprint density at radius 1 is 1.10 bits per heavy atom. The van der Waals surface area contributed by atoms with Gasteiger partial charge in [-0.1, -0.05) is 24.3 Å². The van der Waals surface area contributed by atoms with Crippen molar-refractivity contribution in [2.45, 2.75) is 50.3 Å². The molecule has 0 N–H and O–H groups in total. The predicted octanol–water partition coefficient (Wildman–Crippen LogP) is 3.98. The fraction of sp³-hybridized carbons (Fsp3) is 0.357. The van der Waals surface area contributed by atoms with Crippen LogP contribution in [0, 0.1) is 17.5 Å². The van der Waals surface area contributed by atoms with Crippen molar-refractivity contribution in [2.24, 2.45) is 0 Å². The third-order valence-electron chi connectivity index (χ3n) is 7.49. The number of carbonyl (C=O) groups excluding carboxylic acids is 2. The molecule has 3 heterocycles. The van der Waals surface area contributed by atoms with E-state index >= 15 is 4.39 Å². The number of methoxy groups -OCH3 is 1. The molecule has 2 aliphatic heterocycles. The van der Waals surface area contributed by atoms with Gasteiger partial charge in [0.05, 0.1) is 18.3 Å². The van der Waals surface area contributed by atoms with Crippen LogP contribution in [0.1, 0.15) is 60.3 Å². The van der Waals surface area contributed by atoms with Crippen LogP contribution in [0.15, 0.2) is 53.5 Å². The highest BCUT2D eigenvalue weighted by atomic mass is 19.2. The third-order valence-corrected chi connectivity index (χ3v) is 7.49. The van der Waals surface area contributed by atoms with Crippen molar-refractivity contribution in [3.8, 4) is 5.75 Å². The number of halogens is 3. The number of benzene rings is 2.